The second-order valence-corrected chi connectivity index (χ2v) is 5.85. The molecule has 0 saturated carbocycles. The average molecular weight is 307 g/mol. The summed E-state index contributed by atoms with van der Waals surface area (Å²) in [5.41, 5.74) is -0.641. The van der Waals surface area contributed by atoms with Gasteiger partial charge in [0.05, 0.1) is 22.9 Å². The van der Waals surface area contributed by atoms with Crippen LogP contribution < -0.4 is 15.8 Å². The number of aromatic amines is 3. The lowest BCUT2D eigenvalue weighted by Crippen LogP contribution is -2.28. The van der Waals surface area contributed by atoms with Crippen LogP contribution in [0.25, 0.3) is 11.0 Å². The number of hydrogen-bond acceptors (Lipinski definition) is 5. The lowest BCUT2D eigenvalue weighted by Gasteiger charge is -2.07. The summed E-state index contributed by atoms with van der Waals surface area (Å²) in [4.78, 5) is 27.2. The van der Waals surface area contributed by atoms with Gasteiger partial charge in [0.1, 0.15) is 0 Å². The van der Waals surface area contributed by atoms with E-state index in [0.29, 0.717) is 11.0 Å². The van der Waals surface area contributed by atoms with Gasteiger partial charge in [0.25, 0.3) is 10.0 Å². The molecule has 0 radical (unpaired) electrons. The maximum absolute atomic E-state index is 12.0. The highest BCUT2D eigenvalue weighted by Gasteiger charge is 2.15. The summed E-state index contributed by atoms with van der Waals surface area (Å²) in [6.45, 7) is 0. The molecule has 0 aliphatic heterocycles. The molecule has 0 unspecified atom stereocenters. The van der Waals surface area contributed by atoms with Crippen LogP contribution in [0.15, 0.2) is 45.1 Å². The van der Waals surface area contributed by atoms with Crippen LogP contribution >= 0.6 is 0 Å². The van der Waals surface area contributed by atoms with E-state index in [1.54, 1.807) is 0 Å². The Bertz CT molecular complexity index is 1020. The molecular formula is C11H9N5O4S. The van der Waals surface area contributed by atoms with Crippen molar-refractivity contribution < 1.29 is 8.42 Å². The van der Waals surface area contributed by atoms with Crippen LogP contribution in [0.4, 0.5) is 5.69 Å². The first-order valence-electron chi connectivity index (χ1n) is 5.74. The number of H-pyrrole nitrogens is 3. The SMILES string of the molecule is O=c1[nH]c2ccc(NS(=O)(=O)c3ccn[nH]3)cc2[nH]c1=O. The van der Waals surface area contributed by atoms with Crippen LogP contribution in [-0.4, -0.2) is 28.6 Å². The highest BCUT2D eigenvalue weighted by atomic mass is 32.2. The van der Waals surface area contributed by atoms with Crippen molar-refractivity contribution in [1.29, 1.82) is 0 Å². The van der Waals surface area contributed by atoms with Gasteiger partial charge in [-0.05, 0) is 24.3 Å². The standard InChI is InChI=1S/C11H9N5O4S/c17-10-11(18)14-8-5-6(1-2-7(8)13-10)16-21(19,20)9-3-4-12-15-9/h1-5,16H,(H,12,15)(H,13,17)(H,14,18). The number of nitrogens with one attached hydrogen (secondary N) is 4. The highest BCUT2D eigenvalue weighted by molar-refractivity contribution is 7.92. The number of rotatable bonds is 3. The fraction of sp³-hybridized carbons (Fsp3) is 0. The molecule has 0 atom stereocenters. The van der Waals surface area contributed by atoms with Crippen molar-refractivity contribution in [2.45, 2.75) is 5.03 Å². The van der Waals surface area contributed by atoms with E-state index < -0.39 is 21.1 Å². The molecule has 21 heavy (non-hydrogen) atoms. The molecule has 1 aromatic carbocycles. The smallest absolute Gasteiger partial charge is 0.314 e. The quantitative estimate of drug-likeness (QED) is 0.493. The van der Waals surface area contributed by atoms with Gasteiger partial charge in [-0.25, -0.2) is 0 Å². The van der Waals surface area contributed by atoms with Crippen LogP contribution in [0.1, 0.15) is 0 Å². The van der Waals surface area contributed by atoms with Crippen molar-refractivity contribution in [3.63, 3.8) is 0 Å². The Morgan fingerprint density at radius 2 is 1.71 bits per heavy atom. The fourth-order valence-electron chi connectivity index (χ4n) is 1.78. The maximum atomic E-state index is 12.0. The first kappa shape index (κ1) is 13.1. The van der Waals surface area contributed by atoms with Gasteiger partial charge in [-0.15, -0.1) is 0 Å². The van der Waals surface area contributed by atoms with Crippen LogP contribution in [0, 0.1) is 0 Å². The summed E-state index contributed by atoms with van der Waals surface area (Å²) in [6, 6.07) is 5.66. The number of hydrogen-bond donors (Lipinski definition) is 4. The first-order valence-corrected chi connectivity index (χ1v) is 7.22. The Morgan fingerprint density at radius 1 is 1.00 bits per heavy atom. The Hall–Kier alpha value is -2.88. The van der Waals surface area contributed by atoms with Gasteiger partial charge >= 0.3 is 11.1 Å². The molecule has 3 aromatic rings. The van der Waals surface area contributed by atoms with Crippen LogP contribution in [-0.2, 0) is 10.0 Å². The lowest BCUT2D eigenvalue weighted by molar-refractivity contribution is 0.597. The zero-order valence-corrected chi connectivity index (χ0v) is 11.2. The normalized spacial score (nSPS) is 11.6. The maximum Gasteiger partial charge on any atom is 0.314 e. The van der Waals surface area contributed by atoms with Gasteiger partial charge in [0.15, 0.2) is 5.03 Å². The number of nitrogens with zero attached hydrogens (tertiary/aromatic N) is 1. The van der Waals surface area contributed by atoms with Crippen LogP contribution in [0.5, 0.6) is 0 Å². The molecule has 108 valence electrons. The summed E-state index contributed by atoms with van der Waals surface area (Å²) in [6.07, 6.45) is 1.32. The Kier molecular flexibility index (Phi) is 2.87. The summed E-state index contributed by atoms with van der Waals surface area (Å²) >= 11 is 0. The first-order chi connectivity index (χ1) is 9.95. The number of anilines is 1. The van der Waals surface area contributed by atoms with Gasteiger partial charge < -0.3 is 9.97 Å². The highest BCUT2D eigenvalue weighted by Crippen LogP contribution is 2.17. The van der Waals surface area contributed by atoms with E-state index in [1.165, 1.54) is 30.5 Å². The second-order valence-electron chi connectivity index (χ2n) is 4.20. The molecule has 10 heteroatoms. The fourth-order valence-corrected chi connectivity index (χ4v) is 2.74. The van der Waals surface area contributed by atoms with Crippen molar-refractivity contribution in [3.05, 3.63) is 51.2 Å². The summed E-state index contributed by atoms with van der Waals surface area (Å²) < 4.78 is 26.3. The van der Waals surface area contributed by atoms with E-state index in [9.17, 15) is 18.0 Å². The largest absolute Gasteiger partial charge is 0.316 e. The molecule has 9 nitrogen and oxygen atoms in total. The van der Waals surface area contributed by atoms with Gasteiger partial charge in [-0.1, -0.05) is 0 Å². The molecule has 2 aromatic heterocycles. The third kappa shape index (κ3) is 2.43. The number of benzene rings is 1. The number of sulfonamides is 1. The van der Waals surface area contributed by atoms with Crippen LogP contribution in [0.3, 0.4) is 0 Å². The molecule has 0 aliphatic rings. The van der Waals surface area contributed by atoms with Crippen LogP contribution in [0.2, 0.25) is 0 Å². The molecule has 2 heterocycles. The van der Waals surface area contributed by atoms with E-state index in [4.69, 9.17) is 0 Å². The molecular weight excluding hydrogens is 298 g/mol. The van der Waals surface area contributed by atoms with Crippen molar-refractivity contribution in [1.82, 2.24) is 20.2 Å². The Labute approximate surface area is 117 Å². The third-order valence-electron chi connectivity index (χ3n) is 2.74. The molecule has 0 spiro atoms. The van der Waals surface area contributed by atoms with E-state index in [1.807, 2.05) is 0 Å². The van der Waals surface area contributed by atoms with Gasteiger partial charge in [-0.3, -0.25) is 19.4 Å². The zero-order valence-electron chi connectivity index (χ0n) is 10.4. The monoisotopic (exact) mass is 307 g/mol. The van der Waals surface area contributed by atoms with Gasteiger partial charge in [-0.2, -0.15) is 13.5 Å². The van der Waals surface area contributed by atoms with Crippen molar-refractivity contribution in [3.8, 4) is 0 Å². The minimum Gasteiger partial charge on any atom is -0.316 e. The lowest BCUT2D eigenvalue weighted by atomic mass is 10.3. The van der Waals surface area contributed by atoms with Gasteiger partial charge in [0, 0.05) is 0 Å². The minimum absolute atomic E-state index is 0.0856. The van der Waals surface area contributed by atoms with E-state index >= 15 is 0 Å². The molecule has 0 bridgehead atoms. The molecule has 4 N–H and O–H groups in total. The van der Waals surface area contributed by atoms with Crippen molar-refractivity contribution in [2.24, 2.45) is 0 Å². The van der Waals surface area contributed by atoms with E-state index in [2.05, 4.69) is 24.9 Å². The average Bonchev–Trinajstić information content (AvgIpc) is 2.95. The van der Waals surface area contributed by atoms with Gasteiger partial charge in [0.2, 0.25) is 0 Å². The summed E-state index contributed by atoms with van der Waals surface area (Å²) in [5.74, 6) is 0. The minimum atomic E-state index is -3.79. The molecule has 0 fully saturated rings. The summed E-state index contributed by atoms with van der Waals surface area (Å²) in [5, 5.41) is 5.83. The molecule has 0 saturated heterocycles. The predicted molar refractivity (Wildman–Crippen MR) is 74.6 cm³/mol. The Morgan fingerprint density at radius 3 is 2.38 bits per heavy atom. The molecule has 3 rings (SSSR count). The summed E-state index contributed by atoms with van der Waals surface area (Å²) in [7, 11) is -3.79. The predicted octanol–water partition coefficient (Wildman–Crippen LogP) is -0.260. The second kappa shape index (κ2) is 4.59. The number of fused-ring (bicyclic) bond motifs is 1. The zero-order chi connectivity index (χ0) is 15.0. The van der Waals surface area contributed by atoms with E-state index in [-0.39, 0.29) is 10.7 Å². The number of aromatic nitrogens is 4. The van der Waals surface area contributed by atoms with Crippen molar-refractivity contribution in [2.75, 3.05) is 4.72 Å². The topological polar surface area (TPSA) is 141 Å². The Balaban J connectivity index is 2.04. The molecule has 0 aliphatic carbocycles. The van der Waals surface area contributed by atoms with E-state index in [0.717, 1.165) is 0 Å². The molecule has 0 amide bonds. The third-order valence-corrected chi connectivity index (χ3v) is 4.05. The van der Waals surface area contributed by atoms with Crippen molar-refractivity contribution >= 4 is 26.7 Å².